The summed E-state index contributed by atoms with van der Waals surface area (Å²) < 4.78 is 0. The number of nitrogens with one attached hydrogen (secondary N) is 2. The van der Waals surface area contributed by atoms with Gasteiger partial charge in [-0.25, -0.2) is 0 Å². The fourth-order valence-electron chi connectivity index (χ4n) is 0.887. The maximum Gasteiger partial charge on any atom is 0.0944 e. The van der Waals surface area contributed by atoms with Crippen molar-refractivity contribution in [3.05, 3.63) is 11.9 Å². The molecule has 0 aromatic carbocycles. The number of rotatable bonds is 4. The molecule has 1 atom stereocenters. The van der Waals surface area contributed by atoms with E-state index in [1.54, 1.807) is 0 Å². The molecule has 0 aromatic heterocycles. The quantitative estimate of drug-likeness (QED) is 0.701. The van der Waals surface area contributed by atoms with Crippen molar-refractivity contribution < 1.29 is 0 Å². The van der Waals surface area contributed by atoms with Crippen LogP contribution in [0, 0.1) is 5.41 Å². The molecule has 0 heterocycles. The van der Waals surface area contributed by atoms with Crippen molar-refractivity contribution in [2.24, 2.45) is 5.41 Å². The molecule has 0 rings (SSSR count). The zero-order chi connectivity index (χ0) is 10.5. The number of hydrogen-bond acceptors (Lipinski definition) is 2. The van der Waals surface area contributed by atoms with E-state index < -0.39 is 0 Å². The molecule has 13 heavy (non-hydrogen) atoms. The summed E-state index contributed by atoms with van der Waals surface area (Å²) in [5.74, 6) is 1.13. The second-order valence-electron chi connectivity index (χ2n) is 4.51. The molecule has 0 bridgehead atoms. The Bertz CT molecular complexity index is 165. The van der Waals surface area contributed by atoms with Crippen LogP contribution in [0.3, 0.4) is 0 Å². The van der Waals surface area contributed by atoms with Crippen molar-refractivity contribution in [2.45, 2.75) is 47.1 Å². The molecule has 0 fully saturated rings. The predicted octanol–water partition coefficient (Wildman–Crippen LogP) is 2.48. The maximum absolute atomic E-state index is 3.46. The van der Waals surface area contributed by atoms with E-state index in [2.05, 4.69) is 51.3 Å². The molecule has 0 aliphatic heterocycles. The minimum absolute atomic E-state index is 0.295. The minimum atomic E-state index is 0.295. The summed E-state index contributed by atoms with van der Waals surface area (Å²) in [5, 5.41) is 6.61. The van der Waals surface area contributed by atoms with E-state index in [1.165, 1.54) is 0 Å². The Morgan fingerprint density at radius 2 is 1.92 bits per heavy atom. The lowest BCUT2D eigenvalue weighted by Gasteiger charge is -2.30. The summed E-state index contributed by atoms with van der Waals surface area (Å²) in [6, 6.07) is 0.470. The van der Waals surface area contributed by atoms with Crippen molar-refractivity contribution in [3.63, 3.8) is 0 Å². The van der Waals surface area contributed by atoms with Crippen LogP contribution in [0.5, 0.6) is 0 Å². The monoisotopic (exact) mass is 184 g/mol. The number of allylic oxidation sites excluding steroid dienone is 1. The SMILES string of the molecule is CC/C=C(/NC)NC(C)C(C)(C)C. The summed E-state index contributed by atoms with van der Waals surface area (Å²) in [5.41, 5.74) is 0.295. The molecule has 0 spiro atoms. The third-order valence-electron chi connectivity index (χ3n) is 2.35. The first-order chi connectivity index (χ1) is 5.91. The minimum Gasteiger partial charge on any atom is -0.375 e. The third-order valence-corrected chi connectivity index (χ3v) is 2.35. The van der Waals surface area contributed by atoms with Gasteiger partial charge in [0.05, 0.1) is 5.82 Å². The zero-order valence-corrected chi connectivity index (χ0v) is 9.86. The summed E-state index contributed by atoms with van der Waals surface area (Å²) >= 11 is 0. The largest absolute Gasteiger partial charge is 0.375 e. The van der Waals surface area contributed by atoms with Crippen LogP contribution >= 0.6 is 0 Å². The Morgan fingerprint density at radius 1 is 1.38 bits per heavy atom. The Labute approximate surface area is 82.8 Å². The Kier molecular flexibility index (Phi) is 4.89. The molecule has 0 radical (unpaired) electrons. The molecule has 1 unspecified atom stereocenters. The second kappa shape index (κ2) is 5.15. The standard InChI is InChI=1S/C11H24N2/c1-7-8-10(12-6)13-9(2)11(3,4)5/h8-9,12-13H,7H2,1-6H3/b10-8-. The van der Waals surface area contributed by atoms with Gasteiger partial charge >= 0.3 is 0 Å². The first-order valence-electron chi connectivity index (χ1n) is 5.06. The molecule has 2 nitrogen and oxygen atoms in total. The lowest BCUT2D eigenvalue weighted by atomic mass is 9.88. The number of hydrogen-bond donors (Lipinski definition) is 2. The molecule has 2 N–H and O–H groups in total. The van der Waals surface area contributed by atoms with Crippen LogP contribution in [-0.4, -0.2) is 13.1 Å². The average Bonchev–Trinajstić information content (AvgIpc) is 2.01. The van der Waals surface area contributed by atoms with Crippen LogP contribution < -0.4 is 10.6 Å². The molecule has 78 valence electrons. The lowest BCUT2D eigenvalue weighted by Crippen LogP contribution is -2.40. The smallest absolute Gasteiger partial charge is 0.0944 e. The lowest BCUT2D eigenvalue weighted by molar-refractivity contribution is 0.299. The highest BCUT2D eigenvalue weighted by Crippen LogP contribution is 2.18. The summed E-state index contributed by atoms with van der Waals surface area (Å²) in [6.45, 7) is 11.1. The van der Waals surface area contributed by atoms with Crippen LogP contribution in [0.4, 0.5) is 0 Å². The van der Waals surface area contributed by atoms with E-state index in [9.17, 15) is 0 Å². The van der Waals surface area contributed by atoms with Gasteiger partial charge in [0.25, 0.3) is 0 Å². The van der Waals surface area contributed by atoms with Crippen molar-refractivity contribution >= 4 is 0 Å². The van der Waals surface area contributed by atoms with Gasteiger partial charge in [0, 0.05) is 13.1 Å². The van der Waals surface area contributed by atoms with Gasteiger partial charge in [-0.15, -0.1) is 0 Å². The average molecular weight is 184 g/mol. The molecular weight excluding hydrogens is 160 g/mol. The van der Waals surface area contributed by atoms with Gasteiger partial charge in [0.15, 0.2) is 0 Å². The normalized spacial score (nSPS) is 15.4. The molecule has 0 saturated heterocycles. The van der Waals surface area contributed by atoms with Gasteiger partial charge in [-0.1, -0.05) is 27.7 Å². The predicted molar refractivity (Wildman–Crippen MR) is 59.5 cm³/mol. The van der Waals surface area contributed by atoms with E-state index in [-0.39, 0.29) is 0 Å². The highest BCUT2D eigenvalue weighted by molar-refractivity contribution is 4.98. The van der Waals surface area contributed by atoms with Crippen LogP contribution in [0.25, 0.3) is 0 Å². The highest BCUT2D eigenvalue weighted by Gasteiger charge is 2.19. The van der Waals surface area contributed by atoms with Gasteiger partial charge < -0.3 is 10.6 Å². The topological polar surface area (TPSA) is 24.1 Å². The van der Waals surface area contributed by atoms with Crippen LogP contribution in [-0.2, 0) is 0 Å². The summed E-state index contributed by atoms with van der Waals surface area (Å²) in [7, 11) is 1.95. The summed E-state index contributed by atoms with van der Waals surface area (Å²) in [4.78, 5) is 0. The fourth-order valence-corrected chi connectivity index (χ4v) is 0.887. The second-order valence-corrected chi connectivity index (χ2v) is 4.51. The van der Waals surface area contributed by atoms with E-state index in [0.29, 0.717) is 11.5 Å². The van der Waals surface area contributed by atoms with Crippen molar-refractivity contribution in [1.29, 1.82) is 0 Å². The third kappa shape index (κ3) is 4.81. The Morgan fingerprint density at radius 3 is 2.23 bits per heavy atom. The fraction of sp³-hybridized carbons (Fsp3) is 0.818. The maximum atomic E-state index is 3.46. The highest BCUT2D eigenvalue weighted by atomic mass is 15.1. The Hall–Kier alpha value is -0.660. The first-order valence-corrected chi connectivity index (χ1v) is 5.06. The van der Waals surface area contributed by atoms with Crippen LogP contribution in [0.15, 0.2) is 11.9 Å². The zero-order valence-electron chi connectivity index (χ0n) is 9.86. The van der Waals surface area contributed by atoms with E-state index in [0.717, 1.165) is 12.2 Å². The first kappa shape index (κ1) is 12.3. The van der Waals surface area contributed by atoms with Crippen molar-refractivity contribution in [3.8, 4) is 0 Å². The van der Waals surface area contributed by atoms with Gasteiger partial charge in [0.1, 0.15) is 0 Å². The summed E-state index contributed by atoms with van der Waals surface area (Å²) in [6.07, 6.45) is 3.22. The molecule has 0 saturated carbocycles. The van der Waals surface area contributed by atoms with Gasteiger partial charge in [-0.3, -0.25) is 0 Å². The molecule has 0 aliphatic carbocycles. The van der Waals surface area contributed by atoms with Crippen molar-refractivity contribution in [2.75, 3.05) is 7.05 Å². The van der Waals surface area contributed by atoms with Crippen molar-refractivity contribution in [1.82, 2.24) is 10.6 Å². The molecular formula is C11H24N2. The van der Waals surface area contributed by atoms with E-state index in [4.69, 9.17) is 0 Å². The van der Waals surface area contributed by atoms with Crippen LogP contribution in [0.1, 0.15) is 41.0 Å². The van der Waals surface area contributed by atoms with E-state index in [1.807, 2.05) is 7.05 Å². The van der Waals surface area contributed by atoms with E-state index >= 15 is 0 Å². The molecule has 2 heteroatoms. The van der Waals surface area contributed by atoms with Crippen LogP contribution in [0.2, 0.25) is 0 Å². The molecule has 0 amide bonds. The van der Waals surface area contributed by atoms with Gasteiger partial charge in [0.2, 0.25) is 0 Å². The van der Waals surface area contributed by atoms with Gasteiger partial charge in [-0.2, -0.15) is 0 Å². The molecule has 0 aliphatic rings. The Balaban J connectivity index is 4.17. The van der Waals surface area contributed by atoms with Gasteiger partial charge in [-0.05, 0) is 24.8 Å². The molecule has 0 aromatic rings.